The molecule has 0 aliphatic heterocycles. The molecule has 0 radical (unpaired) electrons. The number of aromatic nitrogens is 3. The van der Waals surface area contributed by atoms with E-state index in [0.29, 0.717) is 39.6 Å². The molecule has 2 N–H and O–H groups in total. The van der Waals surface area contributed by atoms with E-state index in [-0.39, 0.29) is 5.69 Å². The zero-order valence-electron chi connectivity index (χ0n) is 14.7. The summed E-state index contributed by atoms with van der Waals surface area (Å²) in [5.74, 6) is 1.84. The summed E-state index contributed by atoms with van der Waals surface area (Å²) in [7, 11) is 2.95. The third-order valence-corrected chi connectivity index (χ3v) is 3.80. The summed E-state index contributed by atoms with van der Waals surface area (Å²) in [6.07, 6.45) is 1.27. The fraction of sp³-hybridized carbons (Fsp3) is 0.176. The number of halogens is 1. The van der Waals surface area contributed by atoms with Crippen molar-refractivity contribution in [3.05, 3.63) is 47.1 Å². The van der Waals surface area contributed by atoms with Crippen LogP contribution in [-0.4, -0.2) is 35.3 Å². The van der Waals surface area contributed by atoms with Crippen molar-refractivity contribution in [1.82, 2.24) is 15.1 Å². The monoisotopic (exact) mass is 389 g/mol. The fourth-order valence-electron chi connectivity index (χ4n) is 2.25. The van der Waals surface area contributed by atoms with Crippen molar-refractivity contribution in [3.8, 4) is 11.5 Å². The standard InChI is InChI=1S/C17H16ClN5O4/c1-9-4-16(23-27-9)22-15-7-12(19-8-20-15)17(24)21-11-6-13(25-2)10(18)5-14(11)26-3/h4-8H,1-3H3,(H,21,24)(H,19,20,22,23). The number of benzene rings is 1. The highest BCUT2D eigenvalue weighted by atomic mass is 35.5. The quantitative estimate of drug-likeness (QED) is 0.659. The molecule has 1 amide bonds. The Morgan fingerprint density at radius 3 is 2.52 bits per heavy atom. The fourth-order valence-corrected chi connectivity index (χ4v) is 2.48. The number of anilines is 3. The van der Waals surface area contributed by atoms with Crippen LogP contribution in [0.25, 0.3) is 0 Å². The number of carbonyl (C=O) groups excluding carboxylic acids is 1. The molecule has 0 saturated carbocycles. The van der Waals surface area contributed by atoms with Crippen LogP contribution in [0.5, 0.6) is 11.5 Å². The van der Waals surface area contributed by atoms with Crippen LogP contribution in [0.2, 0.25) is 5.02 Å². The summed E-state index contributed by atoms with van der Waals surface area (Å²) < 4.78 is 15.4. The molecule has 140 valence electrons. The summed E-state index contributed by atoms with van der Waals surface area (Å²) in [5.41, 5.74) is 0.535. The molecule has 10 heteroatoms. The SMILES string of the molecule is COc1cc(NC(=O)c2cc(Nc3cc(C)on3)ncn2)c(OC)cc1Cl. The van der Waals surface area contributed by atoms with Gasteiger partial charge in [0.25, 0.3) is 5.91 Å². The number of nitrogens with one attached hydrogen (secondary N) is 2. The predicted octanol–water partition coefficient (Wildman–Crippen LogP) is 3.44. The number of hydrogen-bond acceptors (Lipinski definition) is 8. The zero-order valence-corrected chi connectivity index (χ0v) is 15.5. The number of aryl methyl sites for hydroxylation is 1. The molecule has 1 aromatic carbocycles. The number of hydrogen-bond donors (Lipinski definition) is 2. The second-order valence-corrected chi connectivity index (χ2v) is 5.78. The summed E-state index contributed by atoms with van der Waals surface area (Å²) in [5, 5.41) is 9.83. The maximum absolute atomic E-state index is 12.6. The largest absolute Gasteiger partial charge is 0.495 e. The Morgan fingerprint density at radius 2 is 1.85 bits per heavy atom. The van der Waals surface area contributed by atoms with Crippen molar-refractivity contribution in [1.29, 1.82) is 0 Å². The molecule has 0 aliphatic rings. The third-order valence-electron chi connectivity index (χ3n) is 3.51. The lowest BCUT2D eigenvalue weighted by Gasteiger charge is -2.13. The zero-order chi connectivity index (χ0) is 19.4. The van der Waals surface area contributed by atoms with Crippen molar-refractivity contribution in [2.24, 2.45) is 0 Å². The van der Waals surface area contributed by atoms with Crippen LogP contribution in [0.15, 0.2) is 35.1 Å². The van der Waals surface area contributed by atoms with Gasteiger partial charge in [-0.15, -0.1) is 0 Å². The highest BCUT2D eigenvalue weighted by Gasteiger charge is 2.15. The first-order chi connectivity index (χ1) is 13.0. The van der Waals surface area contributed by atoms with Crippen molar-refractivity contribution >= 4 is 34.8 Å². The summed E-state index contributed by atoms with van der Waals surface area (Å²) in [6, 6.07) is 6.30. The predicted molar refractivity (Wildman–Crippen MR) is 99.1 cm³/mol. The molecular weight excluding hydrogens is 374 g/mol. The number of amides is 1. The molecule has 0 saturated heterocycles. The Kier molecular flexibility index (Phi) is 5.41. The van der Waals surface area contributed by atoms with E-state index in [1.807, 2.05) is 0 Å². The number of carbonyl (C=O) groups is 1. The van der Waals surface area contributed by atoms with E-state index in [9.17, 15) is 4.79 Å². The highest BCUT2D eigenvalue weighted by Crippen LogP contribution is 2.36. The Balaban J connectivity index is 1.81. The van der Waals surface area contributed by atoms with E-state index >= 15 is 0 Å². The van der Waals surface area contributed by atoms with E-state index in [4.69, 9.17) is 25.6 Å². The first-order valence-corrected chi connectivity index (χ1v) is 8.13. The molecule has 3 aromatic rings. The Morgan fingerprint density at radius 1 is 1.07 bits per heavy atom. The molecule has 0 fully saturated rings. The van der Waals surface area contributed by atoms with E-state index in [1.165, 1.54) is 26.6 Å². The molecule has 3 rings (SSSR count). The van der Waals surface area contributed by atoms with Gasteiger partial charge < -0.3 is 24.6 Å². The van der Waals surface area contributed by atoms with Crippen LogP contribution in [0.4, 0.5) is 17.3 Å². The van der Waals surface area contributed by atoms with Crippen molar-refractivity contribution in [2.75, 3.05) is 24.9 Å². The van der Waals surface area contributed by atoms with Crippen LogP contribution in [0.1, 0.15) is 16.2 Å². The average Bonchev–Trinajstić information content (AvgIpc) is 3.07. The minimum absolute atomic E-state index is 0.142. The van der Waals surface area contributed by atoms with Gasteiger partial charge in [0, 0.05) is 24.3 Å². The molecule has 9 nitrogen and oxygen atoms in total. The van der Waals surface area contributed by atoms with E-state index in [2.05, 4.69) is 25.8 Å². The molecule has 0 aliphatic carbocycles. The van der Waals surface area contributed by atoms with E-state index < -0.39 is 5.91 Å². The van der Waals surface area contributed by atoms with Crippen LogP contribution in [-0.2, 0) is 0 Å². The van der Waals surface area contributed by atoms with E-state index in [0.717, 1.165) is 0 Å². The van der Waals surface area contributed by atoms with Crippen molar-refractivity contribution in [2.45, 2.75) is 6.92 Å². The topological polar surface area (TPSA) is 111 Å². The summed E-state index contributed by atoms with van der Waals surface area (Å²) in [4.78, 5) is 20.6. The van der Waals surface area contributed by atoms with Gasteiger partial charge >= 0.3 is 0 Å². The first kappa shape index (κ1) is 18.5. The van der Waals surface area contributed by atoms with Gasteiger partial charge in [-0.25, -0.2) is 9.97 Å². The Labute approximate surface area is 159 Å². The molecular formula is C17H16ClN5O4. The van der Waals surface area contributed by atoms with Crippen molar-refractivity contribution in [3.63, 3.8) is 0 Å². The van der Waals surface area contributed by atoms with Gasteiger partial charge in [0.05, 0.1) is 24.9 Å². The number of nitrogens with zero attached hydrogens (tertiary/aromatic N) is 3. The molecule has 0 spiro atoms. The highest BCUT2D eigenvalue weighted by molar-refractivity contribution is 6.32. The van der Waals surface area contributed by atoms with Gasteiger partial charge in [0.15, 0.2) is 5.82 Å². The molecule has 0 unspecified atom stereocenters. The van der Waals surface area contributed by atoms with E-state index in [1.54, 1.807) is 25.1 Å². The third kappa shape index (κ3) is 4.26. The lowest BCUT2D eigenvalue weighted by atomic mass is 10.2. The average molecular weight is 390 g/mol. The Hall–Kier alpha value is -3.33. The van der Waals surface area contributed by atoms with Crippen LogP contribution >= 0.6 is 11.6 Å². The van der Waals surface area contributed by atoms with Gasteiger partial charge in [-0.05, 0) is 6.92 Å². The maximum Gasteiger partial charge on any atom is 0.274 e. The lowest BCUT2D eigenvalue weighted by molar-refractivity contribution is 0.102. The van der Waals surface area contributed by atoms with Crippen LogP contribution < -0.4 is 20.1 Å². The summed E-state index contributed by atoms with van der Waals surface area (Å²) in [6.45, 7) is 1.77. The number of rotatable bonds is 6. The molecule has 0 atom stereocenters. The van der Waals surface area contributed by atoms with Crippen LogP contribution in [0.3, 0.4) is 0 Å². The van der Waals surface area contributed by atoms with Crippen LogP contribution in [0, 0.1) is 6.92 Å². The minimum Gasteiger partial charge on any atom is -0.495 e. The summed E-state index contributed by atoms with van der Waals surface area (Å²) >= 11 is 6.07. The van der Waals surface area contributed by atoms with Gasteiger partial charge in [-0.3, -0.25) is 4.79 Å². The van der Waals surface area contributed by atoms with Gasteiger partial charge in [0.2, 0.25) is 0 Å². The first-order valence-electron chi connectivity index (χ1n) is 7.75. The molecule has 2 aromatic heterocycles. The minimum atomic E-state index is -0.459. The normalized spacial score (nSPS) is 10.4. The molecule has 2 heterocycles. The lowest BCUT2D eigenvalue weighted by Crippen LogP contribution is -2.15. The second-order valence-electron chi connectivity index (χ2n) is 5.38. The number of methoxy groups -OCH3 is 2. The number of ether oxygens (including phenoxy) is 2. The van der Waals surface area contributed by atoms with Gasteiger partial charge in [-0.2, -0.15) is 0 Å². The van der Waals surface area contributed by atoms with Crippen molar-refractivity contribution < 1.29 is 18.8 Å². The maximum atomic E-state index is 12.6. The Bertz CT molecular complexity index is 976. The van der Waals surface area contributed by atoms with Gasteiger partial charge in [-0.1, -0.05) is 16.8 Å². The smallest absolute Gasteiger partial charge is 0.274 e. The molecule has 0 bridgehead atoms. The molecule has 27 heavy (non-hydrogen) atoms. The second kappa shape index (κ2) is 7.92. The van der Waals surface area contributed by atoms with Gasteiger partial charge in [0.1, 0.15) is 35.1 Å².